The third kappa shape index (κ3) is 4.80. The topological polar surface area (TPSA) is 113 Å². The number of benzene rings is 2. The lowest BCUT2D eigenvalue weighted by atomic mass is 9.98. The summed E-state index contributed by atoms with van der Waals surface area (Å²) < 4.78 is 45.3. The Morgan fingerprint density at radius 2 is 1.74 bits per heavy atom. The van der Waals surface area contributed by atoms with Gasteiger partial charge in [-0.1, -0.05) is 12.1 Å². The number of nitrogens with zero attached hydrogens (tertiary/aromatic N) is 2. The molecule has 0 spiro atoms. The zero-order chi connectivity index (χ0) is 24.5. The molecular formula is C23H24FN3O6S. The molecule has 1 saturated heterocycles. The quantitative estimate of drug-likeness (QED) is 0.644. The maximum absolute atomic E-state index is 13.1. The summed E-state index contributed by atoms with van der Waals surface area (Å²) in [5.41, 5.74) is 1.02. The van der Waals surface area contributed by atoms with E-state index in [0.717, 1.165) is 12.1 Å². The van der Waals surface area contributed by atoms with Gasteiger partial charge in [0.2, 0.25) is 15.9 Å². The molecular weight excluding hydrogens is 465 g/mol. The SMILES string of the molecule is C[C@@H](OC(=O)C1CCN(S(=O)(=O)c2ccc(F)cc2)CC1)C(=O)N1CC(=O)Nc2ccccc21. The Labute approximate surface area is 196 Å². The minimum absolute atomic E-state index is 0.0139. The second-order valence-corrected chi connectivity index (χ2v) is 10.1. The number of esters is 1. The van der Waals surface area contributed by atoms with Gasteiger partial charge in [-0.2, -0.15) is 4.31 Å². The molecule has 34 heavy (non-hydrogen) atoms. The summed E-state index contributed by atoms with van der Waals surface area (Å²) >= 11 is 0. The van der Waals surface area contributed by atoms with E-state index in [9.17, 15) is 27.2 Å². The normalized spacial score (nSPS) is 18.1. The second-order valence-electron chi connectivity index (χ2n) is 8.20. The van der Waals surface area contributed by atoms with E-state index in [1.54, 1.807) is 24.3 Å². The van der Waals surface area contributed by atoms with Gasteiger partial charge in [0.1, 0.15) is 12.4 Å². The zero-order valence-corrected chi connectivity index (χ0v) is 19.3. The first-order valence-corrected chi connectivity index (χ1v) is 12.3. The van der Waals surface area contributed by atoms with Crippen molar-refractivity contribution in [2.75, 3.05) is 29.9 Å². The maximum Gasteiger partial charge on any atom is 0.309 e. The molecule has 11 heteroatoms. The molecule has 2 aromatic rings. The molecule has 2 aromatic carbocycles. The molecule has 2 aliphatic rings. The fourth-order valence-corrected chi connectivity index (χ4v) is 5.53. The smallest absolute Gasteiger partial charge is 0.309 e. The van der Waals surface area contributed by atoms with Crippen LogP contribution in [0.1, 0.15) is 19.8 Å². The molecule has 0 saturated carbocycles. The largest absolute Gasteiger partial charge is 0.452 e. The zero-order valence-electron chi connectivity index (χ0n) is 18.4. The van der Waals surface area contributed by atoms with Crippen LogP contribution in [0.4, 0.5) is 15.8 Å². The molecule has 0 radical (unpaired) electrons. The number of sulfonamides is 1. The van der Waals surface area contributed by atoms with Crippen molar-refractivity contribution in [3.05, 3.63) is 54.3 Å². The minimum Gasteiger partial charge on any atom is -0.452 e. The number of piperidine rings is 1. The van der Waals surface area contributed by atoms with Crippen molar-refractivity contribution < 1.29 is 31.9 Å². The summed E-state index contributed by atoms with van der Waals surface area (Å²) in [6, 6.07) is 11.4. The lowest BCUT2D eigenvalue weighted by Crippen LogP contribution is -2.47. The Bertz CT molecular complexity index is 1210. The first-order valence-electron chi connectivity index (χ1n) is 10.8. The third-order valence-corrected chi connectivity index (χ3v) is 7.83. The van der Waals surface area contributed by atoms with Crippen molar-refractivity contribution in [3.63, 3.8) is 0 Å². The average molecular weight is 490 g/mol. The Hall–Kier alpha value is -3.31. The highest BCUT2D eigenvalue weighted by molar-refractivity contribution is 7.89. The number of hydrogen-bond acceptors (Lipinski definition) is 6. The molecule has 2 amide bonds. The van der Waals surface area contributed by atoms with Crippen LogP contribution in [-0.4, -0.2) is 56.2 Å². The number of hydrogen-bond donors (Lipinski definition) is 1. The lowest BCUT2D eigenvalue weighted by Gasteiger charge is -2.32. The lowest BCUT2D eigenvalue weighted by molar-refractivity contribution is -0.159. The van der Waals surface area contributed by atoms with E-state index in [2.05, 4.69) is 5.32 Å². The molecule has 1 atom stereocenters. The van der Waals surface area contributed by atoms with Gasteiger partial charge in [0.15, 0.2) is 6.10 Å². The number of anilines is 2. The average Bonchev–Trinajstić information content (AvgIpc) is 2.83. The molecule has 2 aliphatic heterocycles. The van der Waals surface area contributed by atoms with Crippen LogP contribution in [-0.2, 0) is 29.1 Å². The summed E-state index contributed by atoms with van der Waals surface area (Å²) in [6.45, 7) is 1.46. The van der Waals surface area contributed by atoms with Crippen LogP contribution in [0.2, 0.25) is 0 Å². The number of ether oxygens (including phenoxy) is 1. The molecule has 9 nitrogen and oxygen atoms in total. The molecule has 1 N–H and O–H groups in total. The Morgan fingerprint density at radius 3 is 2.41 bits per heavy atom. The van der Waals surface area contributed by atoms with E-state index in [4.69, 9.17) is 4.74 Å². The van der Waals surface area contributed by atoms with Gasteiger partial charge < -0.3 is 10.1 Å². The monoisotopic (exact) mass is 489 g/mol. The Kier molecular flexibility index (Phi) is 6.67. The number of para-hydroxylation sites is 2. The minimum atomic E-state index is -3.80. The fourth-order valence-electron chi connectivity index (χ4n) is 4.06. The van der Waals surface area contributed by atoms with E-state index >= 15 is 0 Å². The van der Waals surface area contributed by atoms with Crippen LogP contribution in [0.5, 0.6) is 0 Å². The highest BCUT2D eigenvalue weighted by Crippen LogP contribution is 2.30. The highest BCUT2D eigenvalue weighted by atomic mass is 32.2. The number of amides is 2. The van der Waals surface area contributed by atoms with Crippen molar-refractivity contribution in [1.82, 2.24) is 4.31 Å². The standard InChI is InChI=1S/C23H24FN3O6S/c1-15(22(29)27-14-21(28)25-19-4-2-3-5-20(19)27)33-23(30)16-10-12-26(13-11-16)34(31,32)18-8-6-17(24)7-9-18/h2-9,15-16H,10-14H2,1H3,(H,25,28)/t15-/m1/s1. The van der Waals surface area contributed by atoms with Gasteiger partial charge in [-0.3, -0.25) is 19.3 Å². The fraction of sp³-hybridized carbons (Fsp3) is 0.348. The number of halogens is 1. The van der Waals surface area contributed by atoms with Crippen molar-refractivity contribution >= 4 is 39.2 Å². The number of carbonyl (C=O) groups excluding carboxylic acids is 3. The molecule has 2 heterocycles. The van der Waals surface area contributed by atoms with E-state index in [1.165, 1.54) is 28.3 Å². The predicted octanol–water partition coefficient (Wildman–Crippen LogP) is 2.14. The van der Waals surface area contributed by atoms with E-state index in [0.29, 0.717) is 11.4 Å². The molecule has 180 valence electrons. The molecule has 1 fully saturated rings. The molecule has 4 rings (SSSR count). The Balaban J connectivity index is 1.35. The molecule has 0 aromatic heterocycles. The van der Waals surface area contributed by atoms with Crippen molar-refractivity contribution in [3.8, 4) is 0 Å². The van der Waals surface area contributed by atoms with Gasteiger partial charge >= 0.3 is 5.97 Å². The summed E-state index contributed by atoms with van der Waals surface area (Å²) in [5.74, 6) is -2.55. The first-order chi connectivity index (χ1) is 16.2. The highest BCUT2D eigenvalue weighted by Gasteiger charge is 2.36. The number of rotatable bonds is 5. The van der Waals surface area contributed by atoms with Gasteiger partial charge in [0.05, 0.1) is 22.2 Å². The van der Waals surface area contributed by atoms with Gasteiger partial charge in [0, 0.05) is 13.1 Å². The molecule has 0 aliphatic carbocycles. The Morgan fingerprint density at radius 1 is 1.09 bits per heavy atom. The van der Waals surface area contributed by atoms with E-state index in [1.807, 2.05) is 0 Å². The van der Waals surface area contributed by atoms with Gasteiger partial charge in [-0.15, -0.1) is 0 Å². The van der Waals surface area contributed by atoms with Gasteiger partial charge in [0.25, 0.3) is 5.91 Å². The summed E-state index contributed by atoms with van der Waals surface area (Å²) in [4.78, 5) is 38.9. The molecule has 0 unspecified atom stereocenters. The third-order valence-electron chi connectivity index (χ3n) is 5.92. The van der Waals surface area contributed by atoms with Crippen LogP contribution < -0.4 is 10.2 Å². The van der Waals surface area contributed by atoms with Gasteiger partial charge in [-0.05, 0) is 56.2 Å². The van der Waals surface area contributed by atoms with E-state index < -0.39 is 39.7 Å². The maximum atomic E-state index is 13.1. The van der Waals surface area contributed by atoms with Crippen molar-refractivity contribution in [2.45, 2.75) is 30.8 Å². The summed E-state index contributed by atoms with van der Waals surface area (Å²) in [6.07, 6.45) is -0.656. The number of fused-ring (bicyclic) bond motifs is 1. The van der Waals surface area contributed by atoms with Crippen molar-refractivity contribution in [1.29, 1.82) is 0 Å². The molecule has 0 bridgehead atoms. The summed E-state index contributed by atoms with van der Waals surface area (Å²) in [7, 11) is -3.80. The summed E-state index contributed by atoms with van der Waals surface area (Å²) in [5, 5.41) is 2.69. The first kappa shape index (κ1) is 23.8. The van der Waals surface area contributed by atoms with Crippen LogP contribution in [0.15, 0.2) is 53.4 Å². The number of carbonyl (C=O) groups is 3. The predicted molar refractivity (Wildman–Crippen MR) is 121 cm³/mol. The van der Waals surface area contributed by atoms with Crippen LogP contribution >= 0.6 is 0 Å². The van der Waals surface area contributed by atoms with Crippen LogP contribution in [0.25, 0.3) is 0 Å². The number of nitrogens with one attached hydrogen (secondary N) is 1. The van der Waals surface area contributed by atoms with E-state index in [-0.39, 0.29) is 43.3 Å². The van der Waals surface area contributed by atoms with Crippen molar-refractivity contribution in [2.24, 2.45) is 5.92 Å². The van der Waals surface area contributed by atoms with Crippen LogP contribution in [0.3, 0.4) is 0 Å². The van der Waals surface area contributed by atoms with Gasteiger partial charge in [-0.25, -0.2) is 12.8 Å². The second kappa shape index (κ2) is 9.51. The van der Waals surface area contributed by atoms with Crippen LogP contribution in [0, 0.1) is 11.7 Å².